The van der Waals surface area contributed by atoms with Gasteiger partial charge in [0.2, 0.25) is 0 Å². The first-order chi connectivity index (χ1) is 11.9. The number of carbonyl (C=O) groups is 2. The Morgan fingerprint density at radius 1 is 1.16 bits per heavy atom. The fourth-order valence-corrected chi connectivity index (χ4v) is 4.81. The third kappa shape index (κ3) is 3.70. The molecule has 140 valence electrons. The Balaban J connectivity index is 1.70. The first-order valence-electron chi connectivity index (χ1n) is 9.64. The van der Waals surface area contributed by atoms with Crippen LogP contribution in [0.15, 0.2) is 12.2 Å². The molecule has 5 heteroatoms. The Kier molecular flexibility index (Phi) is 5.40. The second kappa shape index (κ2) is 7.38. The second-order valence-electron chi connectivity index (χ2n) is 8.40. The van der Waals surface area contributed by atoms with E-state index in [2.05, 4.69) is 26.8 Å². The highest BCUT2D eigenvalue weighted by molar-refractivity contribution is 5.77. The average Bonchev–Trinajstić information content (AvgIpc) is 2.61. The van der Waals surface area contributed by atoms with Gasteiger partial charge in [0.1, 0.15) is 6.10 Å². The van der Waals surface area contributed by atoms with Gasteiger partial charge in [0, 0.05) is 6.54 Å². The van der Waals surface area contributed by atoms with Crippen molar-refractivity contribution in [1.82, 2.24) is 4.90 Å². The standard InChI is InChI=1S/C20H31NO4/c1-12(2)15-7-5-13(3)9-18(15)25-20(23)21-11-14-6-8-17(21)16(10-14)19(22)24-4/h6,8,12-18H,5,7,9-11H2,1-4H3/t13-,14-,15+,16+,17+,18-/m1/s1. The van der Waals surface area contributed by atoms with E-state index in [1.165, 1.54) is 13.5 Å². The van der Waals surface area contributed by atoms with E-state index < -0.39 is 0 Å². The molecule has 2 aliphatic carbocycles. The molecule has 2 heterocycles. The molecule has 5 nitrogen and oxygen atoms in total. The van der Waals surface area contributed by atoms with Gasteiger partial charge in [0.25, 0.3) is 0 Å². The summed E-state index contributed by atoms with van der Waals surface area (Å²) in [4.78, 5) is 26.7. The van der Waals surface area contributed by atoms with Crippen LogP contribution < -0.4 is 0 Å². The maximum atomic E-state index is 12.9. The van der Waals surface area contributed by atoms with Crippen LogP contribution in [-0.2, 0) is 14.3 Å². The number of ether oxygens (including phenoxy) is 2. The largest absolute Gasteiger partial charge is 0.469 e. The molecule has 0 spiro atoms. The number of piperidine rings is 1. The predicted molar refractivity (Wildman–Crippen MR) is 94.9 cm³/mol. The molecular weight excluding hydrogens is 318 g/mol. The molecule has 4 aliphatic rings. The van der Waals surface area contributed by atoms with Gasteiger partial charge in [-0.25, -0.2) is 4.79 Å². The molecule has 2 bridgehead atoms. The summed E-state index contributed by atoms with van der Waals surface area (Å²) < 4.78 is 10.9. The molecule has 1 amide bonds. The molecule has 2 aliphatic heterocycles. The summed E-state index contributed by atoms with van der Waals surface area (Å²) in [5.74, 6) is 1.23. The average molecular weight is 349 g/mol. The van der Waals surface area contributed by atoms with E-state index in [4.69, 9.17) is 9.47 Å². The van der Waals surface area contributed by atoms with Crippen LogP contribution in [0.4, 0.5) is 4.79 Å². The minimum Gasteiger partial charge on any atom is -0.469 e. The van der Waals surface area contributed by atoms with Crippen molar-refractivity contribution < 1.29 is 19.1 Å². The number of esters is 1. The van der Waals surface area contributed by atoms with Crippen molar-refractivity contribution in [1.29, 1.82) is 0 Å². The van der Waals surface area contributed by atoms with E-state index >= 15 is 0 Å². The number of fused-ring (bicyclic) bond motifs is 2. The van der Waals surface area contributed by atoms with Gasteiger partial charge in [-0.05, 0) is 42.9 Å². The van der Waals surface area contributed by atoms with E-state index in [1.807, 2.05) is 6.08 Å². The number of nitrogens with zero attached hydrogens (tertiary/aromatic N) is 1. The number of rotatable bonds is 3. The van der Waals surface area contributed by atoms with Crippen molar-refractivity contribution in [2.24, 2.45) is 29.6 Å². The summed E-state index contributed by atoms with van der Waals surface area (Å²) in [7, 11) is 1.41. The molecule has 1 saturated carbocycles. The van der Waals surface area contributed by atoms with Gasteiger partial charge in [-0.2, -0.15) is 0 Å². The molecule has 25 heavy (non-hydrogen) atoms. The molecule has 0 aromatic heterocycles. The summed E-state index contributed by atoms with van der Waals surface area (Å²) in [5, 5.41) is 0. The Labute approximate surface area is 150 Å². The highest BCUT2D eigenvalue weighted by atomic mass is 16.6. The molecule has 0 radical (unpaired) electrons. The number of carbonyl (C=O) groups excluding carboxylic acids is 2. The Morgan fingerprint density at radius 2 is 1.92 bits per heavy atom. The third-order valence-corrected chi connectivity index (χ3v) is 6.29. The normalized spacial score (nSPS) is 37.2. The van der Waals surface area contributed by atoms with Gasteiger partial charge in [-0.3, -0.25) is 4.79 Å². The predicted octanol–water partition coefficient (Wildman–Crippen LogP) is 3.63. The lowest BCUT2D eigenvalue weighted by Crippen LogP contribution is -2.56. The van der Waals surface area contributed by atoms with Crippen molar-refractivity contribution >= 4 is 12.1 Å². The van der Waals surface area contributed by atoms with Crippen LogP contribution >= 0.6 is 0 Å². The lowest BCUT2D eigenvalue weighted by molar-refractivity contribution is -0.149. The summed E-state index contributed by atoms with van der Waals surface area (Å²) >= 11 is 0. The fraction of sp³-hybridized carbons (Fsp3) is 0.800. The highest BCUT2D eigenvalue weighted by Crippen LogP contribution is 2.38. The quantitative estimate of drug-likeness (QED) is 0.577. The summed E-state index contributed by atoms with van der Waals surface area (Å²) in [6.45, 7) is 7.29. The van der Waals surface area contributed by atoms with E-state index in [1.54, 1.807) is 4.90 Å². The van der Waals surface area contributed by atoms with Gasteiger partial charge in [0.05, 0.1) is 19.1 Å². The van der Waals surface area contributed by atoms with E-state index in [9.17, 15) is 9.59 Å². The lowest BCUT2D eigenvalue weighted by Gasteiger charge is -2.45. The van der Waals surface area contributed by atoms with Crippen LogP contribution in [0, 0.1) is 29.6 Å². The maximum absolute atomic E-state index is 12.9. The van der Waals surface area contributed by atoms with Crippen LogP contribution in [0.5, 0.6) is 0 Å². The molecular formula is C20H31NO4. The Hall–Kier alpha value is -1.52. The van der Waals surface area contributed by atoms with Crippen molar-refractivity contribution in [2.45, 2.75) is 58.6 Å². The monoisotopic (exact) mass is 349 g/mol. The third-order valence-electron chi connectivity index (χ3n) is 6.29. The number of hydrogen-bond donors (Lipinski definition) is 0. The number of hydrogen-bond acceptors (Lipinski definition) is 4. The molecule has 6 atom stereocenters. The maximum Gasteiger partial charge on any atom is 0.410 e. The van der Waals surface area contributed by atoms with Crippen LogP contribution in [0.2, 0.25) is 0 Å². The van der Waals surface area contributed by atoms with Gasteiger partial charge in [0.15, 0.2) is 0 Å². The van der Waals surface area contributed by atoms with Gasteiger partial charge in [-0.1, -0.05) is 39.3 Å². The first kappa shape index (κ1) is 18.3. The van der Waals surface area contributed by atoms with Crippen molar-refractivity contribution in [3.05, 3.63) is 12.2 Å². The zero-order valence-corrected chi connectivity index (χ0v) is 15.8. The van der Waals surface area contributed by atoms with E-state index in [-0.39, 0.29) is 36.0 Å². The van der Waals surface area contributed by atoms with E-state index in [0.717, 1.165) is 19.3 Å². The minimum atomic E-state index is -0.271. The summed E-state index contributed by atoms with van der Waals surface area (Å²) in [6, 6.07) is -0.233. The topological polar surface area (TPSA) is 55.8 Å². The lowest BCUT2D eigenvalue weighted by atomic mass is 9.75. The molecule has 4 rings (SSSR count). The number of methoxy groups -OCH3 is 1. The molecule has 2 fully saturated rings. The SMILES string of the molecule is COC(=O)[C@H]1C[C@H]2C=C[C@@H]1N(C(=O)O[C@@H]1C[C@H](C)CC[C@H]1C(C)C)C2. The van der Waals surface area contributed by atoms with Crippen LogP contribution in [0.1, 0.15) is 46.5 Å². The number of amides is 1. The molecule has 0 N–H and O–H groups in total. The fourth-order valence-electron chi connectivity index (χ4n) is 4.81. The van der Waals surface area contributed by atoms with Crippen LogP contribution in [-0.4, -0.2) is 42.8 Å². The summed E-state index contributed by atoms with van der Waals surface area (Å²) in [6.07, 6.45) is 7.83. The van der Waals surface area contributed by atoms with Gasteiger partial charge >= 0.3 is 12.1 Å². The van der Waals surface area contributed by atoms with Gasteiger partial charge < -0.3 is 14.4 Å². The summed E-state index contributed by atoms with van der Waals surface area (Å²) in [5.41, 5.74) is 0. The first-order valence-corrected chi connectivity index (χ1v) is 9.64. The van der Waals surface area contributed by atoms with Crippen LogP contribution in [0.3, 0.4) is 0 Å². The molecule has 0 unspecified atom stereocenters. The van der Waals surface area contributed by atoms with Crippen LogP contribution in [0.25, 0.3) is 0 Å². The van der Waals surface area contributed by atoms with Crippen molar-refractivity contribution in [2.75, 3.05) is 13.7 Å². The van der Waals surface area contributed by atoms with Gasteiger partial charge in [-0.15, -0.1) is 0 Å². The van der Waals surface area contributed by atoms with Crippen molar-refractivity contribution in [3.63, 3.8) is 0 Å². The zero-order chi connectivity index (χ0) is 18.1. The molecule has 0 aromatic rings. The Morgan fingerprint density at radius 3 is 2.56 bits per heavy atom. The van der Waals surface area contributed by atoms with E-state index in [0.29, 0.717) is 24.3 Å². The second-order valence-corrected chi connectivity index (χ2v) is 8.40. The molecule has 0 aromatic carbocycles. The minimum absolute atomic E-state index is 0.0164. The zero-order valence-electron chi connectivity index (χ0n) is 15.8. The smallest absolute Gasteiger partial charge is 0.410 e. The van der Waals surface area contributed by atoms with Crippen molar-refractivity contribution in [3.8, 4) is 0 Å². The molecule has 1 saturated heterocycles. The highest BCUT2D eigenvalue weighted by Gasteiger charge is 2.45. The Bertz CT molecular complexity index is 544.